The zero-order chi connectivity index (χ0) is 18.5. The highest BCUT2D eigenvalue weighted by Gasteiger charge is 2.33. The Kier molecular flexibility index (Phi) is 5.61. The number of rotatable bonds is 4. The van der Waals surface area contributed by atoms with Crippen LogP contribution in [0.2, 0.25) is 0 Å². The van der Waals surface area contributed by atoms with E-state index in [0.717, 1.165) is 12.8 Å². The number of hydrogen-bond acceptors (Lipinski definition) is 4. The predicted octanol–water partition coefficient (Wildman–Crippen LogP) is 4.29. The number of carbonyl (C=O) groups excluding carboxylic acids is 2. The van der Waals surface area contributed by atoms with Gasteiger partial charge in [-0.25, -0.2) is 18.4 Å². The SMILES string of the molecule is O=C(O[C@H]1CCCC[C@H]1OC(=O)c1ccccc1F)c1ccccc1F. The molecule has 0 amide bonds. The minimum Gasteiger partial charge on any atom is -0.455 e. The molecule has 1 saturated carbocycles. The van der Waals surface area contributed by atoms with E-state index < -0.39 is 35.8 Å². The molecule has 0 spiro atoms. The standard InChI is InChI=1S/C20H18F2O4/c21-15-9-3-1-7-13(15)19(23)25-17-11-5-6-12-18(17)26-20(24)14-8-2-4-10-16(14)22/h1-4,7-10,17-18H,5-6,11-12H2/t17-,18+. The third-order valence-corrected chi connectivity index (χ3v) is 4.35. The first-order chi connectivity index (χ1) is 12.6. The van der Waals surface area contributed by atoms with Gasteiger partial charge in [0, 0.05) is 0 Å². The Labute approximate surface area is 149 Å². The summed E-state index contributed by atoms with van der Waals surface area (Å²) in [5.74, 6) is -2.95. The summed E-state index contributed by atoms with van der Waals surface area (Å²) < 4.78 is 38.3. The Morgan fingerprint density at radius 2 is 1.12 bits per heavy atom. The molecule has 0 radical (unpaired) electrons. The smallest absolute Gasteiger partial charge is 0.341 e. The van der Waals surface area contributed by atoms with Crippen molar-refractivity contribution in [3.8, 4) is 0 Å². The molecule has 0 aliphatic heterocycles. The maximum absolute atomic E-state index is 13.7. The fraction of sp³-hybridized carbons (Fsp3) is 0.300. The van der Waals surface area contributed by atoms with Crippen LogP contribution >= 0.6 is 0 Å². The van der Waals surface area contributed by atoms with Gasteiger partial charge in [0.05, 0.1) is 11.1 Å². The van der Waals surface area contributed by atoms with Crippen molar-refractivity contribution in [1.29, 1.82) is 0 Å². The molecule has 0 saturated heterocycles. The first-order valence-electron chi connectivity index (χ1n) is 8.47. The Bertz CT molecular complexity index is 738. The fourth-order valence-electron chi connectivity index (χ4n) is 2.99. The van der Waals surface area contributed by atoms with E-state index in [1.54, 1.807) is 0 Å². The second-order valence-corrected chi connectivity index (χ2v) is 6.13. The number of carbonyl (C=O) groups is 2. The second kappa shape index (κ2) is 8.08. The molecule has 1 fully saturated rings. The third kappa shape index (κ3) is 4.07. The van der Waals surface area contributed by atoms with Gasteiger partial charge in [0.1, 0.15) is 23.8 Å². The summed E-state index contributed by atoms with van der Waals surface area (Å²) >= 11 is 0. The maximum atomic E-state index is 13.7. The summed E-state index contributed by atoms with van der Waals surface area (Å²) in [6.07, 6.45) is 1.20. The Hall–Kier alpha value is -2.76. The molecular weight excluding hydrogens is 342 g/mol. The van der Waals surface area contributed by atoms with Gasteiger partial charge in [-0.3, -0.25) is 0 Å². The van der Waals surface area contributed by atoms with Crippen molar-refractivity contribution in [1.82, 2.24) is 0 Å². The molecule has 6 heteroatoms. The van der Waals surface area contributed by atoms with E-state index in [1.807, 2.05) is 0 Å². The molecule has 1 aliphatic rings. The molecular formula is C20H18F2O4. The summed E-state index contributed by atoms with van der Waals surface area (Å²) in [5, 5.41) is 0. The van der Waals surface area contributed by atoms with Crippen LogP contribution in [-0.2, 0) is 9.47 Å². The van der Waals surface area contributed by atoms with E-state index in [2.05, 4.69) is 0 Å². The van der Waals surface area contributed by atoms with E-state index in [1.165, 1.54) is 48.5 Å². The molecule has 0 unspecified atom stereocenters. The number of hydrogen-bond donors (Lipinski definition) is 0. The Balaban J connectivity index is 1.70. The lowest BCUT2D eigenvalue weighted by molar-refractivity contribution is -0.0518. The largest absolute Gasteiger partial charge is 0.455 e. The first kappa shape index (κ1) is 18.0. The third-order valence-electron chi connectivity index (χ3n) is 4.35. The normalized spacial score (nSPS) is 19.6. The number of esters is 2. The summed E-state index contributed by atoms with van der Waals surface area (Å²) in [6.45, 7) is 0. The van der Waals surface area contributed by atoms with E-state index >= 15 is 0 Å². The van der Waals surface area contributed by atoms with Gasteiger partial charge in [-0.1, -0.05) is 24.3 Å². The molecule has 1 aliphatic carbocycles. The molecule has 0 bridgehead atoms. The summed E-state index contributed by atoms with van der Waals surface area (Å²) in [6, 6.07) is 11.0. The lowest BCUT2D eigenvalue weighted by Gasteiger charge is -2.30. The summed E-state index contributed by atoms with van der Waals surface area (Å²) in [5.41, 5.74) is -0.338. The van der Waals surface area contributed by atoms with Crippen LogP contribution in [0.15, 0.2) is 48.5 Å². The molecule has 0 aromatic heterocycles. The van der Waals surface area contributed by atoms with Crippen LogP contribution in [0.25, 0.3) is 0 Å². The van der Waals surface area contributed by atoms with Gasteiger partial charge >= 0.3 is 11.9 Å². The zero-order valence-corrected chi connectivity index (χ0v) is 14.0. The minimum atomic E-state index is -0.804. The monoisotopic (exact) mass is 360 g/mol. The van der Waals surface area contributed by atoms with Crippen LogP contribution in [-0.4, -0.2) is 24.1 Å². The number of ether oxygens (including phenoxy) is 2. The number of benzene rings is 2. The average molecular weight is 360 g/mol. The van der Waals surface area contributed by atoms with Crippen LogP contribution in [0.5, 0.6) is 0 Å². The van der Waals surface area contributed by atoms with Crippen molar-refractivity contribution >= 4 is 11.9 Å². The highest BCUT2D eigenvalue weighted by molar-refractivity contribution is 5.90. The molecule has 136 valence electrons. The van der Waals surface area contributed by atoms with Crippen LogP contribution in [0.4, 0.5) is 8.78 Å². The van der Waals surface area contributed by atoms with Crippen LogP contribution in [0, 0.1) is 11.6 Å². The molecule has 4 nitrogen and oxygen atoms in total. The topological polar surface area (TPSA) is 52.6 Å². The van der Waals surface area contributed by atoms with Crippen molar-refractivity contribution in [3.63, 3.8) is 0 Å². The molecule has 3 rings (SSSR count). The van der Waals surface area contributed by atoms with Gasteiger partial charge in [-0.2, -0.15) is 0 Å². The van der Waals surface area contributed by atoms with Gasteiger partial charge < -0.3 is 9.47 Å². The molecule has 2 aromatic carbocycles. The predicted molar refractivity (Wildman–Crippen MR) is 89.7 cm³/mol. The van der Waals surface area contributed by atoms with Crippen LogP contribution in [0.1, 0.15) is 46.4 Å². The zero-order valence-electron chi connectivity index (χ0n) is 14.0. The van der Waals surface area contributed by atoms with Crippen molar-refractivity contribution in [3.05, 3.63) is 71.3 Å². The first-order valence-corrected chi connectivity index (χ1v) is 8.47. The Morgan fingerprint density at radius 1 is 0.731 bits per heavy atom. The molecule has 0 heterocycles. The maximum Gasteiger partial charge on any atom is 0.341 e. The van der Waals surface area contributed by atoms with E-state index in [-0.39, 0.29) is 11.1 Å². The van der Waals surface area contributed by atoms with Gasteiger partial charge in [0.15, 0.2) is 0 Å². The van der Waals surface area contributed by atoms with Gasteiger partial charge in [0.2, 0.25) is 0 Å². The van der Waals surface area contributed by atoms with Crippen LogP contribution in [0.3, 0.4) is 0 Å². The van der Waals surface area contributed by atoms with Crippen molar-refractivity contribution in [2.75, 3.05) is 0 Å². The summed E-state index contributed by atoms with van der Waals surface area (Å²) in [7, 11) is 0. The molecule has 0 N–H and O–H groups in total. The van der Waals surface area contributed by atoms with Crippen LogP contribution < -0.4 is 0 Å². The molecule has 26 heavy (non-hydrogen) atoms. The highest BCUT2D eigenvalue weighted by Crippen LogP contribution is 2.26. The molecule has 2 atom stereocenters. The van der Waals surface area contributed by atoms with Crippen molar-refractivity contribution in [2.24, 2.45) is 0 Å². The highest BCUT2D eigenvalue weighted by atomic mass is 19.1. The van der Waals surface area contributed by atoms with Gasteiger partial charge in [-0.05, 0) is 49.9 Å². The van der Waals surface area contributed by atoms with Crippen molar-refractivity contribution in [2.45, 2.75) is 37.9 Å². The van der Waals surface area contributed by atoms with E-state index in [9.17, 15) is 18.4 Å². The summed E-state index contributed by atoms with van der Waals surface area (Å²) in [4.78, 5) is 24.5. The number of halogens is 2. The van der Waals surface area contributed by atoms with Gasteiger partial charge in [-0.15, -0.1) is 0 Å². The Morgan fingerprint density at radius 3 is 1.50 bits per heavy atom. The van der Waals surface area contributed by atoms with Crippen molar-refractivity contribution < 1.29 is 27.8 Å². The lowest BCUT2D eigenvalue weighted by Crippen LogP contribution is -2.38. The van der Waals surface area contributed by atoms with Gasteiger partial charge in [0.25, 0.3) is 0 Å². The fourth-order valence-corrected chi connectivity index (χ4v) is 2.99. The minimum absolute atomic E-state index is 0.169. The lowest BCUT2D eigenvalue weighted by atomic mass is 9.94. The molecule has 2 aromatic rings. The van der Waals surface area contributed by atoms with E-state index in [4.69, 9.17) is 9.47 Å². The average Bonchev–Trinajstić information content (AvgIpc) is 2.64. The van der Waals surface area contributed by atoms with E-state index in [0.29, 0.717) is 12.8 Å². The second-order valence-electron chi connectivity index (χ2n) is 6.13. The quantitative estimate of drug-likeness (QED) is 0.764.